The molecule has 0 bridgehead atoms. The predicted octanol–water partition coefficient (Wildman–Crippen LogP) is 4.58. The molecule has 28 heavy (non-hydrogen) atoms. The van der Waals surface area contributed by atoms with Crippen molar-refractivity contribution in [3.63, 3.8) is 0 Å². The number of carbonyl (C=O) groups is 2. The van der Waals surface area contributed by atoms with E-state index in [4.69, 9.17) is 14.2 Å². The Kier molecular flexibility index (Phi) is 8.30. The molecule has 0 aromatic heterocycles. The normalized spacial score (nSPS) is 21.8. The Bertz CT molecular complexity index is 675. The smallest absolute Gasteiger partial charge is 0.341 e. The zero-order valence-corrected chi connectivity index (χ0v) is 17.5. The van der Waals surface area contributed by atoms with Crippen LogP contribution in [0.2, 0.25) is 0 Å². The second-order valence-corrected chi connectivity index (χ2v) is 7.55. The first kappa shape index (κ1) is 22.2. The molecule has 0 heterocycles. The van der Waals surface area contributed by atoms with Crippen LogP contribution in [0.4, 0.5) is 5.69 Å². The van der Waals surface area contributed by atoms with Gasteiger partial charge in [-0.2, -0.15) is 0 Å². The van der Waals surface area contributed by atoms with Crippen molar-refractivity contribution in [1.29, 1.82) is 0 Å². The van der Waals surface area contributed by atoms with Gasteiger partial charge in [0.1, 0.15) is 16.9 Å². The predicted molar refractivity (Wildman–Crippen MR) is 109 cm³/mol. The largest absolute Gasteiger partial charge is 0.493 e. The van der Waals surface area contributed by atoms with Crippen molar-refractivity contribution in [3.8, 4) is 5.75 Å². The van der Waals surface area contributed by atoms with Crippen molar-refractivity contribution in [2.45, 2.75) is 64.9 Å². The molecular formula is C22H33NO5. The van der Waals surface area contributed by atoms with Crippen LogP contribution in [-0.4, -0.2) is 37.8 Å². The van der Waals surface area contributed by atoms with Crippen molar-refractivity contribution < 1.29 is 23.8 Å². The molecule has 1 saturated carbocycles. The number of methoxy groups -OCH3 is 1. The van der Waals surface area contributed by atoms with Gasteiger partial charge in [0.25, 0.3) is 5.91 Å². The summed E-state index contributed by atoms with van der Waals surface area (Å²) in [5, 5.41) is 2.96. The van der Waals surface area contributed by atoms with Crippen molar-refractivity contribution in [2.75, 3.05) is 25.6 Å². The molecule has 1 fully saturated rings. The second kappa shape index (κ2) is 10.5. The molecule has 2 atom stereocenters. The molecule has 0 spiro atoms. The quantitative estimate of drug-likeness (QED) is 0.624. The van der Waals surface area contributed by atoms with Crippen LogP contribution in [-0.2, 0) is 14.3 Å². The number of anilines is 1. The number of hydrogen-bond acceptors (Lipinski definition) is 5. The van der Waals surface area contributed by atoms with Gasteiger partial charge in [-0.15, -0.1) is 0 Å². The summed E-state index contributed by atoms with van der Waals surface area (Å²) in [7, 11) is 1.33. The van der Waals surface area contributed by atoms with Gasteiger partial charge in [-0.05, 0) is 56.2 Å². The molecule has 1 aliphatic carbocycles. The van der Waals surface area contributed by atoms with Crippen LogP contribution in [0.25, 0.3) is 0 Å². The van der Waals surface area contributed by atoms with Crippen molar-refractivity contribution in [2.24, 2.45) is 5.92 Å². The molecule has 1 aromatic rings. The molecule has 0 unspecified atom stereocenters. The number of hydrogen-bond donors (Lipinski definition) is 1. The number of carbonyl (C=O) groups excluding carboxylic acids is 2. The van der Waals surface area contributed by atoms with Crippen LogP contribution < -0.4 is 10.1 Å². The average molecular weight is 392 g/mol. The molecule has 0 saturated heterocycles. The lowest BCUT2D eigenvalue weighted by atomic mass is 9.78. The van der Waals surface area contributed by atoms with Crippen LogP contribution >= 0.6 is 0 Å². The van der Waals surface area contributed by atoms with Gasteiger partial charge in [-0.3, -0.25) is 4.79 Å². The highest BCUT2D eigenvalue weighted by molar-refractivity contribution is 5.99. The Morgan fingerprint density at radius 3 is 2.61 bits per heavy atom. The van der Waals surface area contributed by atoms with Gasteiger partial charge in [0, 0.05) is 12.3 Å². The summed E-state index contributed by atoms with van der Waals surface area (Å²) in [5.41, 5.74) is 0.0254. The minimum absolute atomic E-state index is 0.148. The molecule has 0 radical (unpaired) electrons. The van der Waals surface area contributed by atoms with E-state index in [-0.39, 0.29) is 5.91 Å². The lowest BCUT2D eigenvalue weighted by molar-refractivity contribution is -0.148. The van der Waals surface area contributed by atoms with Gasteiger partial charge in [0.2, 0.25) is 0 Å². The molecule has 1 aliphatic rings. The summed E-state index contributed by atoms with van der Waals surface area (Å²) in [6.45, 7) is 7.24. The number of nitrogens with one attached hydrogen (secondary N) is 1. The Morgan fingerprint density at radius 1 is 1.21 bits per heavy atom. The highest BCUT2D eigenvalue weighted by Gasteiger charge is 2.42. The van der Waals surface area contributed by atoms with Gasteiger partial charge in [0.05, 0.1) is 13.7 Å². The van der Waals surface area contributed by atoms with Crippen LogP contribution in [0, 0.1) is 5.92 Å². The Balaban J connectivity index is 2.24. The molecule has 156 valence electrons. The summed E-state index contributed by atoms with van der Waals surface area (Å²) >= 11 is 0. The monoisotopic (exact) mass is 391 g/mol. The van der Waals surface area contributed by atoms with Gasteiger partial charge in [0.15, 0.2) is 0 Å². The molecule has 1 amide bonds. The summed E-state index contributed by atoms with van der Waals surface area (Å²) in [4.78, 5) is 25.3. The maximum atomic E-state index is 13.2. The van der Waals surface area contributed by atoms with Crippen molar-refractivity contribution >= 4 is 17.6 Å². The number of benzene rings is 1. The first-order valence-electron chi connectivity index (χ1n) is 10.3. The van der Waals surface area contributed by atoms with Gasteiger partial charge in [-0.1, -0.05) is 27.2 Å². The summed E-state index contributed by atoms with van der Waals surface area (Å²) in [6, 6.07) is 5.05. The lowest BCUT2D eigenvalue weighted by Gasteiger charge is -2.38. The molecule has 1 aromatic carbocycles. The van der Waals surface area contributed by atoms with E-state index in [0.717, 1.165) is 25.7 Å². The molecule has 0 aliphatic heterocycles. The van der Waals surface area contributed by atoms with E-state index in [2.05, 4.69) is 12.2 Å². The number of esters is 1. The van der Waals surface area contributed by atoms with E-state index in [1.165, 1.54) is 7.11 Å². The molecule has 6 nitrogen and oxygen atoms in total. The van der Waals surface area contributed by atoms with E-state index < -0.39 is 11.6 Å². The minimum Gasteiger partial charge on any atom is -0.493 e. The highest BCUT2D eigenvalue weighted by atomic mass is 16.5. The number of amides is 1. The van der Waals surface area contributed by atoms with E-state index in [1.54, 1.807) is 18.2 Å². The third-order valence-corrected chi connectivity index (χ3v) is 5.06. The third kappa shape index (κ3) is 5.47. The second-order valence-electron chi connectivity index (χ2n) is 7.55. The molecule has 1 N–H and O–H groups in total. The Labute approximate surface area is 167 Å². The van der Waals surface area contributed by atoms with Crippen LogP contribution in [0.5, 0.6) is 5.75 Å². The zero-order chi connectivity index (χ0) is 20.6. The van der Waals surface area contributed by atoms with Crippen LogP contribution in [0.3, 0.4) is 0 Å². The van der Waals surface area contributed by atoms with E-state index in [9.17, 15) is 9.59 Å². The fraction of sp³-hybridized carbons (Fsp3) is 0.636. The fourth-order valence-electron chi connectivity index (χ4n) is 3.66. The highest BCUT2D eigenvalue weighted by Crippen LogP contribution is 2.36. The minimum atomic E-state index is -0.809. The maximum Gasteiger partial charge on any atom is 0.341 e. The summed E-state index contributed by atoms with van der Waals surface area (Å²) in [5.74, 6) is 0.248. The Hall–Kier alpha value is -2.08. The van der Waals surface area contributed by atoms with Gasteiger partial charge < -0.3 is 19.5 Å². The van der Waals surface area contributed by atoms with Crippen LogP contribution in [0.1, 0.15) is 69.7 Å². The molecule has 2 rings (SSSR count). The number of ether oxygens (including phenoxy) is 3. The topological polar surface area (TPSA) is 73.9 Å². The van der Waals surface area contributed by atoms with E-state index in [1.807, 2.05) is 13.8 Å². The van der Waals surface area contributed by atoms with E-state index in [0.29, 0.717) is 49.0 Å². The van der Waals surface area contributed by atoms with Crippen molar-refractivity contribution in [1.82, 2.24) is 0 Å². The molecular weight excluding hydrogens is 358 g/mol. The standard InChI is InChI=1S/C22H33NO5/c1-5-12-27-19-10-9-17(14-18(19)20(24)26-4)23-21(25)22(28-13-6-2)11-7-8-16(3)15-22/h9-10,14,16H,5-8,11-13,15H2,1-4H3,(H,23,25)/t16-,22-/m1/s1. The fourth-order valence-corrected chi connectivity index (χ4v) is 3.66. The maximum absolute atomic E-state index is 13.2. The average Bonchev–Trinajstić information content (AvgIpc) is 2.70. The number of rotatable bonds is 9. The third-order valence-electron chi connectivity index (χ3n) is 5.06. The first-order chi connectivity index (χ1) is 13.5. The summed E-state index contributed by atoms with van der Waals surface area (Å²) in [6.07, 6.45) is 5.19. The SMILES string of the molecule is CCCOc1ccc(NC(=O)[C@@]2(OCCC)CCC[C@@H](C)C2)cc1C(=O)OC. The lowest BCUT2D eigenvalue weighted by Crippen LogP contribution is -2.48. The van der Waals surface area contributed by atoms with Gasteiger partial charge >= 0.3 is 5.97 Å². The van der Waals surface area contributed by atoms with Gasteiger partial charge in [-0.25, -0.2) is 4.79 Å². The zero-order valence-electron chi connectivity index (χ0n) is 17.5. The van der Waals surface area contributed by atoms with Crippen LogP contribution in [0.15, 0.2) is 18.2 Å². The van der Waals surface area contributed by atoms with Crippen molar-refractivity contribution in [3.05, 3.63) is 23.8 Å². The van der Waals surface area contributed by atoms with E-state index >= 15 is 0 Å². The Morgan fingerprint density at radius 2 is 1.96 bits per heavy atom. The first-order valence-corrected chi connectivity index (χ1v) is 10.3. The summed E-state index contributed by atoms with van der Waals surface area (Å²) < 4.78 is 16.6. The molecule has 6 heteroatoms.